The van der Waals surface area contributed by atoms with Crippen molar-refractivity contribution >= 4 is 6.08 Å². The van der Waals surface area contributed by atoms with Gasteiger partial charge in [-0.05, 0) is 11.6 Å². The maximum absolute atomic E-state index is 9.51. The van der Waals surface area contributed by atoms with E-state index in [0.717, 1.165) is 5.56 Å². The molecule has 0 aliphatic heterocycles. The molecule has 3 nitrogen and oxygen atoms in total. The van der Waals surface area contributed by atoms with Crippen LogP contribution in [0.1, 0.15) is 5.56 Å². The zero-order chi connectivity index (χ0) is 8.65. The van der Waals surface area contributed by atoms with Crippen molar-refractivity contribution in [2.75, 3.05) is 6.61 Å². The lowest BCUT2D eigenvalue weighted by Crippen LogP contribution is -1.78. The zero-order valence-electron chi connectivity index (χ0n) is 6.51. The average Bonchev–Trinajstić information content (AvgIpc) is 2.14. The van der Waals surface area contributed by atoms with Gasteiger partial charge >= 0.3 is 0 Å². The molecule has 0 saturated carbocycles. The van der Waals surface area contributed by atoms with Crippen molar-refractivity contribution in [1.29, 1.82) is 0 Å². The summed E-state index contributed by atoms with van der Waals surface area (Å²) in [4.78, 5) is 13.7. The molecule has 1 aromatic carbocycles. The maximum atomic E-state index is 9.51. The van der Waals surface area contributed by atoms with Gasteiger partial charge in [0, 0.05) is 0 Å². The molecular weight excluding hydrogens is 154 g/mol. The second-order valence-electron chi connectivity index (χ2n) is 2.18. The zero-order valence-corrected chi connectivity index (χ0v) is 6.51. The second kappa shape index (κ2) is 5.07. The first-order valence-corrected chi connectivity index (χ1v) is 3.59. The highest BCUT2D eigenvalue weighted by molar-refractivity contribution is 5.48. The third-order valence-electron chi connectivity index (χ3n) is 1.33. The van der Waals surface area contributed by atoms with Crippen molar-refractivity contribution in [2.24, 2.45) is 5.34 Å². The Labute approximate surface area is 70.6 Å². The predicted molar refractivity (Wildman–Crippen MR) is 47.2 cm³/mol. The summed E-state index contributed by atoms with van der Waals surface area (Å²) < 4.78 is 0. The van der Waals surface area contributed by atoms with E-state index in [2.05, 4.69) is 10.2 Å². The highest BCUT2D eigenvalue weighted by Gasteiger charge is 1.81. The fourth-order valence-electron chi connectivity index (χ4n) is 0.822. The lowest BCUT2D eigenvalue weighted by Gasteiger charge is -1.90. The van der Waals surface area contributed by atoms with Crippen LogP contribution in [0.2, 0.25) is 0 Å². The minimum absolute atomic E-state index is 0.221. The molecule has 0 aliphatic rings. The van der Waals surface area contributed by atoms with Gasteiger partial charge in [0.15, 0.2) is 5.34 Å². The normalized spacial score (nSPS) is 10.0. The molecule has 0 unspecified atom stereocenters. The molecule has 0 heterocycles. The van der Waals surface area contributed by atoms with Gasteiger partial charge in [0.05, 0.1) is 0 Å². The van der Waals surface area contributed by atoms with Gasteiger partial charge in [0.25, 0.3) is 0 Å². The monoisotopic (exact) mass is 163 g/mol. The highest BCUT2D eigenvalue weighted by Crippen LogP contribution is 2.00. The summed E-state index contributed by atoms with van der Waals surface area (Å²) in [5.74, 6) is 0. The Balaban J connectivity index is 2.41. The Morgan fingerprint density at radius 2 is 2.08 bits per heavy atom. The molecule has 0 fully saturated rings. The van der Waals surface area contributed by atoms with E-state index >= 15 is 0 Å². The minimum atomic E-state index is 0.221. The predicted octanol–water partition coefficient (Wildman–Crippen LogP) is 2.40. The first-order chi connectivity index (χ1) is 5.93. The van der Waals surface area contributed by atoms with E-state index in [1.807, 2.05) is 36.4 Å². The van der Waals surface area contributed by atoms with E-state index in [1.54, 1.807) is 6.08 Å². The SMILES string of the molecule is O=NOC/C=C/c1ccccc1. The van der Waals surface area contributed by atoms with Crippen molar-refractivity contribution in [3.05, 3.63) is 46.9 Å². The van der Waals surface area contributed by atoms with Crippen LogP contribution >= 0.6 is 0 Å². The molecule has 0 N–H and O–H groups in total. The minimum Gasteiger partial charge on any atom is -0.360 e. The van der Waals surface area contributed by atoms with Crippen molar-refractivity contribution < 1.29 is 4.84 Å². The highest BCUT2D eigenvalue weighted by atomic mass is 16.7. The summed E-state index contributed by atoms with van der Waals surface area (Å²) in [5.41, 5.74) is 1.08. The quantitative estimate of drug-likeness (QED) is 0.388. The van der Waals surface area contributed by atoms with Gasteiger partial charge in [-0.3, -0.25) is 0 Å². The Hall–Kier alpha value is -1.64. The Morgan fingerprint density at radius 3 is 2.75 bits per heavy atom. The molecule has 0 atom stereocenters. The number of hydrogen-bond donors (Lipinski definition) is 0. The first-order valence-electron chi connectivity index (χ1n) is 3.59. The summed E-state index contributed by atoms with van der Waals surface area (Å²) >= 11 is 0. The lowest BCUT2D eigenvalue weighted by atomic mass is 10.2. The molecule has 0 amide bonds. The van der Waals surface area contributed by atoms with Crippen molar-refractivity contribution in [1.82, 2.24) is 0 Å². The van der Waals surface area contributed by atoms with E-state index in [9.17, 15) is 4.91 Å². The van der Waals surface area contributed by atoms with Crippen molar-refractivity contribution in [2.45, 2.75) is 0 Å². The van der Waals surface area contributed by atoms with Crippen molar-refractivity contribution in [3.63, 3.8) is 0 Å². The second-order valence-corrected chi connectivity index (χ2v) is 2.18. The topological polar surface area (TPSA) is 38.7 Å². The molecule has 0 spiro atoms. The molecule has 1 aromatic rings. The van der Waals surface area contributed by atoms with Crippen LogP contribution in [0.15, 0.2) is 41.7 Å². The van der Waals surface area contributed by atoms with E-state index < -0.39 is 0 Å². The Bertz CT molecular complexity index is 256. The van der Waals surface area contributed by atoms with Gasteiger partial charge < -0.3 is 4.84 Å². The van der Waals surface area contributed by atoms with Gasteiger partial charge in [-0.15, -0.1) is 4.91 Å². The number of nitrogens with zero attached hydrogens (tertiary/aromatic N) is 1. The summed E-state index contributed by atoms with van der Waals surface area (Å²) in [5, 5.41) is 2.27. The van der Waals surface area contributed by atoms with E-state index in [-0.39, 0.29) is 6.61 Å². The van der Waals surface area contributed by atoms with Gasteiger partial charge in [0.1, 0.15) is 6.61 Å². The first kappa shape index (κ1) is 8.46. The molecular formula is C9H9NO2. The summed E-state index contributed by atoms with van der Waals surface area (Å²) in [6.07, 6.45) is 3.60. The molecule has 3 heteroatoms. The molecule has 0 aliphatic carbocycles. The maximum Gasteiger partial charge on any atom is 0.155 e. The lowest BCUT2D eigenvalue weighted by molar-refractivity contribution is 0.170. The molecule has 0 aromatic heterocycles. The van der Waals surface area contributed by atoms with Crippen LogP contribution in [0.3, 0.4) is 0 Å². The van der Waals surface area contributed by atoms with Crippen LogP contribution in [0.25, 0.3) is 6.08 Å². The van der Waals surface area contributed by atoms with Crippen LogP contribution in [0, 0.1) is 4.91 Å². The van der Waals surface area contributed by atoms with E-state index in [4.69, 9.17) is 0 Å². The molecule has 0 saturated heterocycles. The third-order valence-corrected chi connectivity index (χ3v) is 1.33. The van der Waals surface area contributed by atoms with Crippen LogP contribution in [0.5, 0.6) is 0 Å². The summed E-state index contributed by atoms with van der Waals surface area (Å²) in [7, 11) is 0. The van der Waals surface area contributed by atoms with Crippen LogP contribution in [-0.2, 0) is 4.84 Å². The fraction of sp³-hybridized carbons (Fsp3) is 0.111. The Kier molecular flexibility index (Phi) is 3.57. The van der Waals surface area contributed by atoms with E-state index in [0.29, 0.717) is 0 Å². The van der Waals surface area contributed by atoms with Crippen LogP contribution in [-0.4, -0.2) is 6.61 Å². The Morgan fingerprint density at radius 1 is 1.33 bits per heavy atom. The number of rotatable bonds is 4. The van der Waals surface area contributed by atoms with Crippen LogP contribution < -0.4 is 0 Å². The number of benzene rings is 1. The summed E-state index contributed by atoms with van der Waals surface area (Å²) in [6, 6.07) is 9.76. The van der Waals surface area contributed by atoms with Crippen molar-refractivity contribution in [3.8, 4) is 0 Å². The standard InChI is InChI=1S/C9H9NO2/c11-10-12-8-4-7-9-5-2-1-3-6-9/h1-7H,8H2/b7-4+. The third kappa shape index (κ3) is 2.96. The average molecular weight is 163 g/mol. The molecule has 0 bridgehead atoms. The van der Waals surface area contributed by atoms with Gasteiger partial charge in [0.2, 0.25) is 0 Å². The fourth-order valence-corrected chi connectivity index (χ4v) is 0.822. The molecule has 62 valence electrons. The molecule has 12 heavy (non-hydrogen) atoms. The van der Waals surface area contributed by atoms with E-state index in [1.165, 1.54) is 0 Å². The largest absolute Gasteiger partial charge is 0.360 e. The van der Waals surface area contributed by atoms with Gasteiger partial charge in [-0.25, -0.2) is 0 Å². The molecule has 1 rings (SSSR count). The van der Waals surface area contributed by atoms with Crippen LogP contribution in [0.4, 0.5) is 0 Å². The molecule has 0 radical (unpaired) electrons. The van der Waals surface area contributed by atoms with Gasteiger partial charge in [-0.1, -0.05) is 36.4 Å². The number of hydrogen-bond acceptors (Lipinski definition) is 3. The smallest absolute Gasteiger partial charge is 0.155 e. The van der Waals surface area contributed by atoms with Gasteiger partial charge in [-0.2, -0.15) is 0 Å². The summed E-state index contributed by atoms with van der Waals surface area (Å²) in [6.45, 7) is 0.221.